The highest BCUT2D eigenvalue weighted by Crippen LogP contribution is 2.28. The Kier molecular flexibility index (Phi) is 5.14. The van der Waals surface area contributed by atoms with Gasteiger partial charge in [0, 0.05) is 4.47 Å². The van der Waals surface area contributed by atoms with E-state index >= 15 is 0 Å². The van der Waals surface area contributed by atoms with E-state index in [0.717, 1.165) is 10.0 Å². The van der Waals surface area contributed by atoms with Gasteiger partial charge in [-0.25, -0.2) is 4.39 Å². The van der Waals surface area contributed by atoms with Gasteiger partial charge >= 0.3 is 0 Å². The maximum absolute atomic E-state index is 13.4. The molecule has 1 unspecified atom stereocenters. The van der Waals surface area contributed by atoms with E-state index in [4.69, 9.17) is 5.84 Å². The summed E-state index contributed by atoms with van der Waals surface area (Å²) in [5.74, 6) is 5.52. The van der Waals surface area contributed by atoms with Gasteiger partial charge in [0.25, 0.3) is 0 Å². The third kappa shape index (κ3) is 3.70. The normalized spacial score (nSPS) is 12.5. The van der Waals surface area contributed by atoms with Crippen LogP contribution in [0.25, 0.3) is 0 Å². The lowest BCUT2D eigenvalue weighted by atomic mass is 9.91. The minimum atomic E-state index is -0.235. The molecule has 2 nitrogen and oxygen atoms in total. The van der Waals surface area contributed by atoms with E-state index in [1.807, 2.05) is 0 Å². The summed E-state index contributed by atoms with van der Waals surface area (Å²) in [5, 5.41) is 0. The predicted molar refractivity (Wildman–Crippen MR) is 88.5 cm³/mol. The van der Waals surface area contributed by atoms with E-state index in [-0.39, 0.29) is 11.9 Å². The fourth-order valence-electron chi connectivity index (χ4n) is 2.90. The quantitative estimate of drug-likeness (QED) is 0.638. The molecule has 0 spiro atoms. The Balaban J connectivity index is 2.39. The molecule has 0 aliphatic heterocycles. The van der Waals surface area contributed by atoms with E-state index in [2.05, 4.69) is 54.3 Å². The molecule has 2 aromatic rings. The molecule has 3 N–H and O–H groups in total. The summed E-state index contributed by atoms with van der Waals surface area (Å²) >= 11 is 3.47. The van der Waals surface area contributed by atoms with Crippen LogP contribution in [0.1, 0.15) is 33.9 Å². The summed E-state index contributed by atoms with van der Waals surface area (Å²) in [7, 11) is 0. The molecule has 2 rings (SSSR count). The van der Waals surface area contributed by atoms with Crippen molar-refractivity contribution in [2.75, 3.05) is 0 Å². The van der Waals surface area contributed by atoms with E-state index < -0.39 is 0 Å². The first-order valence-corrected chi connectivity index (χ1v) is 7.69. The molecule has 0 fully saturated rings. The maximum Gasteiger partial charge on any atom is 0.123 e. The number of nitrogens with two attached hydrogens (primary N) is 1. The molecule has 0 heterocycles. The van der Waals surface area contributed by atoms with Crippen LogP contribution in [0.3, 0.4) is 0 Å². The van der Waals surface area contributed by atoms with Crippen LogP contribution in [-0.2, 0) is 6.42 Å². The van der Waals surface area contributed by atoms with Crippen LogP contribution in [0.5, 0.6) is 0 Å². The summed E-state index contributed by atoms with van der Waals surface area (Å²) in [6.07, 6.45) is 0.625. The zero-order chi connectivity index (χ0) is 15.6. The Morgan fingerprint density at radius 3 is 2.33 bits per heavy atom. The standard InChI is InChI=1S/C17H20BrFN2/c1-10-6-11(2)17(12(3)7-10)16(21-20)9-13-8-14(19)4-5-15(13)18/h4-8,16,21H,9,20H2,1-3H3. The van der Waals surface area contributed by atoms with Crippen molar-refractivity contribution in [3.8, 4) is 0 Å². The lowest BCUT2D eigenvalue weighted by Crippen LogP contribution is -2.31. The Bertz CT molecular complexity index is 632. The summed E-state index contributed by atoms with van der Waals surface area (Å²) in [4.78, 5) is 0. The van der Waals surface area contributed by atoms with Gasteiger partial charge in [0.05, 0.1) is 6.04 Å². The molecule has 0 aromatic heterocycles. The smallest absolute Gasteiger partial charge is 0.123 e. The van der Waals surface area contributed by atoms with Gasteiger partial charge in [-0.2, -0.15) is 0 Å². The predicted octanol–water partition coefficient (Wildman–Crippen LogP) is 4.26. The first kappa shape index (κ1) is 16.1. The Hall–Kier alpha value is -1.23. The van der Waals surface area contributed by atoms with Gasteiger partial charge in [0.15, 0.2) is 0 Å². The van der Waals surface area contributed by atoms with Gasteiger partial charge in [0.1, 0.15) is 5.82 Å². The highest BCUT2D eigenvalue weighted by Gasteiger charge is 2.17. The van der Waals surface area contributed by atoms with Crippen molar-refractivity contribution in [1.82, 2.24) is 5.43 Å². The van der Waals surface area contributed by atoms with Crippen LogP contribution in [0.4, 0.5) is 4.39 Å². The molecule has 21 heavy (non-hydrogen) atoms. The molecular formula is C17H20BrFN2. The molecule has 0 aliphatic carbocycles. The third-order valence-electron chi connectivity index (χ3n) is 3.72. The van der Waals surface area contributed by atoms with Crippen molar-refractivity contribution < 1.29 is 4.39 Å². The fourth-order valence-corrected chi connectivity index (χ4v) is 3.31. The van der Waals surface area contributed by atoms with Gasteiger partial charge in [0.2, 0.25) is 0 Å². The second-order valence-corrected chi connectivity index (χ2v) is 6.33. The molecule has 0 aliphatic rings. The monoisotopic (exact) mass is 350 g/mol. The Morgan fingerprint density at radius 2 is 1.76 bits per heavy atom. The summed E-state index contributed by atoms with van der Waals surface area (Å²) < 4.78 is 14.3. The first-order chi connectivity index (χ1) is 9.92. The molecule has 4 heteroatoms. The maximum atomic E-state index is 13.4. The van der Waals surface area contributed by atoms with Crippen molar-refractivity contribution in [3.05, 3.63) is 68.4 Å². The van der Waals surface area contributed by atoms with E-state index in [0.29, 0.717) is 6.42 Å². The SMILES string of the molecule is Cc1cc(C)c(C(Cc2cc(F)ccc2Br)NN)c(C)c1. The van der Waals surface area contributed by atoms with Gasteiger partial charge < -0.3 is 0 Å². The molecule has 112 valence electrons. The van der Waals surface area contributed by atoms with Crippen LogP contribution in [0, 0.1) is 26.6 Å². The zero-order valence-electron chi connectivity index (χ0n) is 12.5. The minimum Gasteiger partial charge on any atom is -0.271 e. The number of nitrogens with one attached hydrogen (secondary N) is 1. The van der Waals surface area contributed by atoms with Gasteiger partial charge in [-0.05, 0) is 67.6 Å². The molecule has 0 saturated carbocycles. The number of halogens is 2. The van der Waals surface area contributed by atoms with Crippen LogP contribution in [0.15, 0.2) is 34.8 Å². The highest BCUT2D eigenvalue weighted by molar-refractivity contribution is 9.10. The zero-order valence-corrected chi connectivity index (χ0v) is 14.1. The lowest BCUT2D eigenvalue weighted by molar-refractivity contribution is 0.542. The van der Waals surface area contributed by atoms with Gasteiger partial charge in [-0.1, -0.05) is 33.6 Å². The highest BCUT2D eigenvalue weighted by atomic mass is 79.9. The van der Waals surface area contributed by atoms with Crippen LogP contribution >= 0.6 is 15.9 Å². The lowest BCUT2D eigenvalue weighted by Gasteiger charge is -2.22. The summed E-state index contributed by atoms with van der Waals surface area (Å²) in [6, 6.07) is 8.96. The summed E-state index contributed by atoms with van der Waals surface area (Å²) in [6.45, 7) is 6.25. The second kappa shape index (κ2) is 6.69. The number of rotatable bonds is 4. The topological polar surface area (TPSA) is 38.0 Å². The summed E-state index contributed by atoms with van der Waals surface area (Å²) in [5.41, 5.74) is 8.58. The second-order valence-electron chi connectivity index (χ2n) is 5.47. The molecule has 0 amide bonds. The molecule has 1 atom stereocenters. The van der Waals surface area contributed by atoms with E-state index in [1.165, 1.54) is 28.3 Å². The van der Waals surface area contributed by atoms with Gasteiger partial charge in [-0.15, -0.1) is 0 Å². The molecular weight excluding hydrogens is 331 g/mol. The number of aryl methyl sites for hydroxylation is 3. The molecule has 0 radical (unpaired) electrons. The van der Waals surface area contributed by atoms with Crippen LogP contribution in [0.2, 0.25) is 0 Å². The third-order valence-corrected chi connectivity index (χ3v) is 4.49. The van der Waals surface area contributed by atoms with Crippen LogP contribution in [-0.4, -0.2) is 0 Å². The number of benzene rings is 2. The molecule has 0 saturated heterocycles. The van der Waals surface area contributed by atoms with E-state index in [9.17, 15) is 4.39 Å². The minimum absolute atomic E-state index is 0.0521. The largest absolute Gasteiger partial charge is 0.271 e. The molecule has 2 aromatic carbocycles. The van der Waals surface area contributed by atoms with Crippen molar-refractivity contribution in [1.29, 1.82) is 0 Å². The number of hydrogen-bond acceptors (Lipinski definition) is 2. The Labute approximate surface area is 133 Å². The fraction of sp³-hybridized carbons (Fsp3) is 0.294. The number of hydrogen-bond donors (Lipinski definition) is 2. The number of hydrazine groups is 1. The average Bonchev–Trinajstić information content (AvgIpc) is 2.40. The van der Waals surface area contributed by atoms with Crippen LogP contribution < -0.4 is 11.3 Å². The first-order valence-electron chi connectivity index (χ1n) is 6.90. The van der Waals surface area contributed by atoms with Crippen molar-refractivity contribution in [2.45, 2.75) is 33.2 Å². The van der Waals surface area contributed by atoms with Gasteiger partial charge in [-0.3, -0.25) is 11.3 Å². The van der Waals surface area contributed by atoms with Crippen molar-refractivity contribution >= 4 is 15.9 Å². The molecule has 0 bridgehead atoms. The average molecular weight is 351 g/mol. The van der Waals surface area contributed by atoms with Crippen molar-refractivity contribution in [3.63, 3.8) is 0 Å². The van der Waals surface area contributed by atoms with E-state index in [1.54, 1.807) is 12.1 Å². The van der Waals surface area contributed by atoms with Crippen molar-refractivity contribution in [2.24, 2.45) is 5.84 Å². The Morgan fingerprint density at radius 1 is 1.14 bits per heavy atom.